The van der Waals surface area contributed by atoms with Crippen molar-refractivity contribution in [3.8, 4) is 0 Å². The van der Waals surface area contributed by atoms with Crippen molar-refractivity contribution in [3.63, 3.8) is 0 Å². The van der Waals surface area contributed by atoms with E-state index in [2.05, 4.69) is 35.7 Å². The highest BCUT2D eigenvalue weighted by Crippen LogP contribution is 2.21. The molecule has 0 N–H and O–H groups in total. The van der Waals surface area contributed by atoms with Gasteiger partial charge < -0.3 is 9.64 Å². The molecule has 17 heavy (non-hydrogen) atoms. The molecular formula is C11H15BrN4O. The van der Waals surface area contributed by atoms with Crippen LogP contribution in [-0.4, -0.2) is 60.3 Å². The number of morpholine rings is 1. The number of ether oxygens (including phenoxy) is 1. The fourth-order valence-electron chi connectivity index (χ4n) is 2.26. The van der Waals surface area contributed by atoms with Gasteiger partial charge >= 0.3 is 0 Å². The quantitative estimate of drug-likeness (QED) is 0.806. The number of halogens is 1. The predicted molar refractivity (Wildman–Crippen MR) is 68.1 cm³/mol. The van der Waals surface area contributed by atoms with E-state index in [1.54, 1.807) is 12.4 Å². The Morgan fingerprint density at radius 1 is 1.18 bits per heavy atom. The van der Waals surface area contributed by atoms with E-state index in [0.29, 0.717) is 6.04 Å². The zero-order chi connectivity index (χ0) is 11.7. The molecule has 2 aliphatic heterocycles. The van der Waals surface area contributed by atoms with E-state index in [4.69, 9.17) is 4.74 Å². The summed E-state index contributed by atoms with van der Waals surface area (Å²) < 4.78 is 6.28. The third-order valence-corrected chi connectivity index (χ3v) is 3.72. The molecule has 6 heteroatoms. The lowest BCUT2D eigenvalue weighted by Gasteiger charge is -2.46. The second kappa shape index (κ2) is 4.88. The molecule has 0 amide bonds. The van der Waals surface area contributed by atoms with Crippen LogP contribution in [0, 0.1) is 0 Å². The maximum Gasteiger partial charge on any atom is 0.225 e. The Morgan fingerprint density at radius 3 is 2.47 bits per heavy atom. The smallest absolute Gasteiger partial charge is 0.225 e. The van der Waals surface area contributed by atoms with Gasteiger partial charge in [-0.25, -0.2) is 9.97 Å². The molecular weight excluding hydrogens is 284 g/mol. The molecule has 92 valence electrons. The highest BCUT2D eigenvalue weighted by molar-refractivity contribution is 9.10. The van der Waals surface area contributed by atoms with Crippen molar-refractivity contribution >= 4 is 21.9 Å². The van der Waals surface area contributed by atoms with Gasteiger partial charge in [-0.3, -0.25) is 4.90 Å². The van der Waals surface area contributed by atoms with Crippen LogP contribution >= 0.6 is 15.9 Å². The number of nitrogens with zero attached hydrogens (tertiary/aromatic N) is 4. The van der Waals surface area contributed by atoms with Crippen LogP contribution in [0.5, 0.6) is 0 Å². The van der Waals surface area contributed by atoms with Crippen molar-refractivity contribution in [1.82, 2.24) is 14.9 Å². The van der Waals surface area contributed by atoms with Crippen LogP contribution in [0.3, 0.4) is 0 Å². The van der Waals surface area contributed by atoms with E-state index < -0.39 is 0 Å². The summed E-state index contributed by atoms with van der Waals surface area (Å²) >= 11 is 3.34. The zero-order valence-electron chi connectivity index (χ0n) is 9.55. The number of rotatable bonds is 2. The van der Waals surface area contributed by atoms with E-state index in [1.165, 1.54) is 0 Å². The first-order valence-corrected chi connectivity index (χ1v) is 6.66. The van der Waals surface area contributed by atoms with Crippen molar-refractivity contribution in [2.24, 2.45) is 0 Å². The van der Waals surface area contributed by atoms with Crippen molar-refractivity contribution in [3.05, 3.63) is 16.9 Å². The van der Waals surface area contributed by atoms with Gasteiger partial charge in [0.2, 0.25) is 5.95 Å². The first-order chi connectivity index (χ1) is 8.33. The second-order valence-electron chi connectivity index (χ2n) is 4.41. The Bertz CT molecular complexity index is 374. The van der Waals surface area contributed by atoms with Crippen LogP contribution in [0.25, 0.3) is 0 Å². The fraction of sp³-hybridized carbons (Fsp3) is 0.636. The molecule has 0 aromatic carbocycles. The molecule has 2 saturated heterocycles. The van der Waals surface area contributed by atoms with E-state index in [0.717, 1.165) is 49.8 Å². The molecule has 0 aliphatic carbocycles. The molecule has 2 fully saturated rings. The summed E-state index contributed by atoms with van der Waals surface area (Å²) in [6.45, 7) is 5.90. The third kappa shape index (κ3) is 2.43. The van der Waals surface area contributed by atoms with Crippen LogP contribution in [0.1, 0.15) is 0 Å². The first-order valence-electron chi connectivity index (χ1n) is 5.87. The minimum absolute atomic E-state index is 0.645. The Kier molecular flexibility index (Phi) is 3.26. The number of hydrogen-bond acceptors (Lipinski definition) is 5. The number of anilines is 1. The summed E-state index contributed by atoms with van der Waals surface area (Å²) in [6.07, 6.45) is 3.59. The number of aromatic nitrogens is 2. The Hall–Kier alpha value is -0.720. The Balaban J connectivity index is 1.55. The van der Waals surface area contributed by atoms with Crippen molar-refractivity contribution in [2.75, 3.05) is 44.3 Å². The van der Waals surface area contributed by atoms with E-state index in [9.17, 15) is 0 Å². The maximum atomic E-state index is 5.36. The Morgan fingerprint density at radius 2 is 1.82 bits per heavy atom. The molecule has 1 aromatic rings. The molecule has 5 nitrogen and oxygen atoms in total. The van der Waals surface area contributed by atoms with Gasteiger partial charge in [0.15, 0.2) is 0 Å². The molecule has 0 atom stereocenters. The molecule has 2 aliphatic rings. The summed E-state index contributed by atoms with van der Waals surface area (Å²) in [5.41, 5.74) is 0. The van der Waals surface area contributed by atoms with E-state index in [1.807, 2.05) is 0 Å². The van der Waals surface area contributed by atoms with Crippen LogP contribution < -0.4 is 4.90 Å². The van der Waals surface area contributed by atoms with Gasteiger partial charge in [-0.2, -0.15) is 0 Å². The lowest BCUT2D eigenvalue weighted by atomic mass is 10.1. The zero-order valence-corrected chi connectivity index (χ0v) is 11.1. The van der Waals surface area contributed by atoms with Crippen LogP contribution in [0.15, 0.2) is 16.9 Å². The molecule has 0 radical (unpaired) electrons. The van der Waals surface area contributed by atoms with Crippen molar-refractivity contribution in [1.29, 1.82) is 0 Å². The van der Waals surface area contributed by atoms with Gasteiger partial charge in [0.1, 0.15) is 0 Å². The minimum atomic E-state index is 0.645. The summed E-state index contributed by atoms with van der Waals surface area (Å²) in [5, 5.41) is 0. The van der Waals surface area contributed by atoms with Gasteiger partial charge in [0.25, 0.3) is 0 Å². The minimum Gasteiger partial charge on any atom is -0.379 e. The third-order valence-electron chi connectivity index (χ3n) is 3.31. The van der Waals surface area contributed by atoms with Gasteiger partial charge in [0.05, 0.1) is 17.7 Å². The second-order valence-corrected chi connectivity index (χ2v) is 5.32. The largest absolute Gasteiger partial charge is 0.379 e. The summed E-state index contributed by atoms with van der Waals surface area (Å²) in [6, 6.07) is 0.645. The van der Waals surface area contributed by atoms with E-state index >= 15 is 0 Å². The van der Waals surface area contributed by atoms with Gasteiger partial charge in [-0.1, -0.05) is 0 Å². The number of hydrogen-bond donors (Lipinski definition) is 0. The van der Waals surface area contributed by atoms with Gasteiger partial charge in [-0.05, 0) is 15.9 Å². The van der Waals surface area contributed by atoms with Gasteiger partial charge in [-0.15, -0.1) is 0 Å². The Labute approximate surface area is 109 Å². The lowest BCUT2D eigenvalue weighted by Crippen LogP contribution is -2.62. The molecule has 3 heterocycles. The topological polar surface area (TPSA) is 41.5 Å². The molecule has 0 saturated carbocycles. The van der Waals surface area contributed by atoms with Crippen molar-refractivity contribution in [2.45, 2.75) is 6.04 Å². The van der Waals surface area contributed by atoms with E-state index in [-0.39, 0.29) is 0 Å². The predicted octanol–water partition coefficient (Wildman–Crippen LogP) is 0.760. The first kappa shape index (κ1) is 11.4. The molecule has 0 unspecified atom stereocenters. The normalized spacial score (nSPS) is 22.5. The average molecular weight is 299 g/mol. The summed E-state index contributed by atoms with van der Waals surface area (Å²) in [5.74, 6) is 0.831. The molecule has 0 spiro atoms. The maximum absolute atomic E-state index is 5.36. The monoisotopic (exact) mass is 298 g/mol. The van der Waals surface area contributed by atoms with Crippen LogP contribution in [0.4, 0.5) is 5.95 Å². The average Bonchev–Trinajstić information content (AvgIpc) is 2.31. The highest BCUT2D eigenvalue weighted by atomic mass is 79.9. The summed E-state index contributed by atoms with van der Waals surface area (Å²) in [4.78, 5) is 13.3. The standard InChI is InChI=1S/C11H15BrN4O/c12-9-5-13-11(14-6-9)16-7-10(8-16)15-1-3-17-4-2-15/h5-6,10H,1-4,7-8H2. The van der Waals surface area contributed by atoms with Gasteiger partial charge in [0, 0.05) is 44.6 Å². The SMILES string of the molecule is Brc1cnc(N2CC(N3CCOCC3)C2)nc1. The van der Waals surface area contributed by atoms with Crippen molar-refractivity contribution < 1.29 is 4.74 Å². The molecule has 0 bridgehead atoms. The summed E-state index contributed by atoms with van der Waals surface area (Å²) in [7, 11) is 0. The molecule has 3 rings (SSSR count). The highest BCUT2D eigenvalue weighted by Gasteiger charge is 2.33. The lowest BCUT2D eigenvalue weighted by molar-refractivity contribution is 0.0103. The molecule has 1 aromatic heterocycles. The van der Waals surface area contributed by atoms with Crippen LogP contribution in [0.2, 0.25) is 0 Å². The van der Waals surface area contributed by atoms with Crippen LogP contribution in [-0.2, 0) is 4.74 Å². The fourth-order valence-corrected chi connectivity index (χ4v) is 2.47.